The number of fused-ring (bicyclic) bond motifs is 1. The summed E-state index contributed by atoms with van der Waals surface area (Å²) in [5.74, 6) is 0.516. The summed E-state index contributed by atoms with van der Waals surface area (Å²) in [7, 11) is 4.51. The predicted octanol–water partition coefficient (Wildman–Crippen LogP) is 4.62. The Kier molecular flexibility index (Phi) is 9.58. The maximum atomic E-state index is 14.4. The first-order chi connectivity index (χ1) is 22.5. The zero-order chi connectivity index (χ0) is 34.2. The van der Waals surface area contributed by atoms with E-state index in [1.54, 1.807) is 41.9 Å². The van der Waals surface area contributed by atoms with E-state index in [-0.39, 0.29) is 11.5 Å². The summed E-state index contributed by atoms with van der Waals surface area (Å²) >= 11 is 1.27. The van der Waals surface area contributed by atoms with Gasteiger partial charge in [0.25, 0.3) is 11.5 Å². The lowest BCUT2D eigenvalue weighted by Crippen LogP contribution is -2.43. The molecule has 2 aromatic heterocycles. The molecule has 0 aliphatic carbocycles. The van der Waals surface area contributed by atoms with Crippen LogP contribution in [0.2, 0.25) is 0 Å². The Hall–Kier alpha value is -4.90. The topological polar surface area (TPSA) is 104 Å². The molecule has 3 heterocycles. The van der Waals surface area contributed by atoms with Crippen LogP contribution in [0.1, 0.15) is 65.2 Å². The van der Waals surface area contributed by atoms with E-state index in [2.05, 4.69) is 4.57 Å². The molecule has 0 bridgehead atoms. The number of carbonyl (C=O) groups excluding carboxylic acids is 2. The number of carbonyl (C=O) groups is 2. The maximum absolute atomic E-state index is 14.4. The zero-order valence-electron chi connectivity index (χ0n) is 28.3. The lowest BCUT2D eigenvalue weighted by atomic mass is 9.93. The number of thiazole rings is 1. The maximum Gasteiger partial charge on any atom is 0.338 e. The minimum absolute atomic E-state index is 0.187. The van der Waals surface area contributed by atoms with E-state index >= 15 is 0 Å². The van der Waals surface area contributed by atoms with Gasteiger partial charge in [0.2, 0.25) is 0 Å². The third kappa shape index (κ3) is 5.80. The molecule has 5 rings (SSSR count). The molecule has 0 unspecified atom stereocenters. The highest BCUT2D eigenvalue weighted by Crippen LogP contribution is 2.38. The van der Waals surface area contributed by atoms with Crippen LogP contribution in [0.3, 0.4) is 0 Å². The highest BCUT2D eigenvalue weighted by molar-refractivity contribution is 7.07. The predicted molar refractivity (Wildman–Crippen MR) is 183 cm³/mol. The molecule has 0 N–H and O–H groups in total. The van der Waals surface area contributed by atoms with Gasteiger partial charge in [0, 0.05) is 35.7 Å². The molecule has 47 heavy (non-hydrogen) atoms. The van der Waals surface area contributed by atoms with Crippen LogP contribution in [0.25, 0.3) is 11.8 Å². The molecule has 10 nitrogen and oxygen atoms in total. The van der Waals surface area contributed by atoms with Crippen molar-refractivity contribution in [2.45, 2.75) is 47.6 Å². The summed E-state index contributed by atoms with van der Waals surface area (Å²) < 4.78 is 20.4. The van der Waals surface area contributed by atoms with Gasteiger partial charge in [0.05, 0.1) is 42.7 Å². The van der Waals surface area contributed by atoms with Gasteiger partial charge in [0.1, 0.15) is 17.5 Å². The largest absolute Gasteiger partial charge is 0.497 e. The number of esters is 1. The minimum Gasteiger partial charge on any atom is -0.497 e. The van der Waals surface area contributed by atoms with Gasteiger partial charge in [-0.05, 0) is 95.1 Å². The molecule has 11 heteroatoms. The van der Waals surface area contributed by atoms with Crippen LogP contribution in [0.4, 0.5) is 0 Å². The molecule has 2 aromatic carbocycles. The smallest absolute Gasteiger partial charge is 0.338 e. The van der Waals surface area contributed by atoms with Crippen LogP contribution in [-0.4, -0.2) is 60.3 Å². The van der Waals surface area contributed by atoms with Crippen molar-refractivity contribution in [2.24, 2.45) is 4.99 Å². The fourth-order valence-corrected chi connectivity index (χ4v) is 7.30. The van der Waals surface area contributed by atoms with Gasteiger partial charge >= 0.3 is 5.97 Å². The molecule has 1 amide bonds. The number of hydrogen-bond donors (Lipinski definition) is 0. The van der Waals surface area contributed by atoms with E-state index < -0.39 is 12.0 Å². The summed E-state index contributed by atoms with van der Waals surface area (Å²) in [5.41, 5.74) is 6.14. The number of rotatable bonds is 9. The van der Waals surface area contributed by atoms with Crippen molar-refractivity contribution in [1.29, 1.82) is 0 Å². The first-order valence-electron chi connectivity index (χ1n) is 15.4. The molecular formula is C36H40N4O6S. The Balaban J connectivity index is 1.74. The second-order valence-corrected chi connectivity index (χ2v) is 12.3. The third-order valence-electron chi connectivity index (χ3n) is 8.74. The van der Waals surface area contributed by atoms with Crippen LogP contribution >= 0.6 is 11.3 Å². The van der Waals surface area contributed by atoms with Gasteiger partial charge in [0.15, 0.2) is 4.80 Å². The number of aryl methyl sites for hydroxylation is 1. The van der Waals surface area contributed by atoms with Crippen LogP contribution in [0.5, 0.6) is 11.5 Å². The first kappa shape index (κ1) is 33.5. The van der Waals surface area contributed by atoms with Crippen molar-refractivity contribution in [3.05, 3.63) is 107 Å². The molecule has 1 aliphatic rings. The van der Waals surface area contributed by atoms with Gasteiger partial charge in [-0.3, -0.25) is 14.2 Å². The summed E-state index contributed by atoms with van der Waals surface area (Å²) in [5, 5.41) is 0. The minimum atomic E-state index is -0.789. The van der Waals surface area contributed by atoms with Crippen molar-refractivity contribution in [1.82, 2.24) is 14.0 Å². The summed E-state index contributed by atoms with van der Waals surface area (Å²) in [6, 6.07) is 12.1. The van der Waals surface area contributed by atoms with Crippen molar-refractivity contribution >= 4 is 29.3 Å². The molecule has 246 valence electrons. The molecule has 0 saturated carbocycles. The average molecular weight is 657 g/mol. The fourth-order valence-electron chi connectivity index (χ4n) is 6.27. The standard InChI is InChI=1S/C36H40N4O6S/c1-10-38(11-2)34(42)31-22(5)37-36-40(32(31)27-19-25(44-7)15-16-29(27)45-8)33(41)30(47-36)18-24-17-20(3)39(23(24)6)28-14-12-13-26(21(28)4)35(43)46-9/h12-19,32H,10-11H2,1-9H3/b30-18-/t32-/m0/s1. The molecule has 1 atom stereocenters. The second-order valence-electron chi connectivity index (χ2n) is 11.3. The normalized spacial score (nSPS) is 14.5. The van der Waals surface area contributed by atoms with E-state index in [4.69, 9.17) is 19.2 Å². The van der Waals surface area contributed by atoms with Crippen LogP contribution in [0.15, 0.2) is 63.5 Å². The number of allylic oxidation sites excluding steroid dienone is 1. The van der Waals surface area contributed by atoms with Gasteiger partial charge in [-0.1, -0.05) is 17.4 Å². The quantitative estimate of drug-likeness (QED) is 0.244. The molecular weight excluding hydrogens is 616 g/mol. The number of nitrogens with zero attached hydrogens (tertiary/aromatic N) is 4. The summed E-state index contributed by atoms with van der Waals surface area (Å²) in [6.45, 7) is 12.5. The van der Waals surface area contributed by atoms with Gasteiger partial charge in [-0.15, -0.1) is 0 Å². The Morgan fingerprint density at radius 1 is 1.00 bits per heavy atom. The summed E-state index contributed by atoms with van der Waals surface area (Å²) in [4.78, 5) is 47.9. The third-order valence-corrected chi connectivity index (χ3v) is 9.73. The Morgan fingerprint density at radius 3 is 2.36 bits per heavy atom. The SMILES string of the molecule is CCN(CC)C(=O)C1=C(C)N=c2s/c(=C\c3cc(C)n(-c4cccc(C(=O)OC)c4C)c3C)c(=O)n2[C@H]1c1cc(OC)ccc1OC. The van der Waals surface area contributed by atoms with Crippen molar-refractivity contribution in [3.63, 3.8) is 0 Å². The van der Waals surface area contributed by atoms with Crippen LogP contribution in [-0.2, 0) is 9.53 Å². The van der Waals surface area contributed by atoms with E-state index in [0.29, 0.717) is 56.3 Å². The molecule has 1 aliphatic heterocycles. The Bertz CT molecular complexity index is 2100. The lowest BCUT2D eigenvalue weighted by Gasteiger charge is -2.30. The zero-order valence-corrected chi connectivity index (χ0v) is 29.1. The van der Waals surface area contributed by atoms with E-state index in [1.165, 1.54) is 18.4 Å². The monoisotopic (exact) mass is 656 g/mol. The van der Waals surface area contributed by atoms with Gasteiger partial charge < -0.3 is 23.7 Å². The lowest BCUT2D eigenvalue weighted by molar-refractivity contribution is -0.127. The van der Waals surface area contributed by atoms with E-state index in [0.717, 1.165) is 28.2 Å². The van der Waals surface area contributed by atoms with Gasteiger partial charge in [-0.2, -0.15) is 0 Å². The number of amides is 1. The Labute approximate surface area is 277 Å². The van der Waals surface area contributed by atoms with Crippen LogP contribution in [0, 0.1) is 20.8 Å². The van der Waals surface area contributed by atoms with Crippen molar-refractivity contribution in [3.8, 4) is 17.2 Å². The number of hydrogen-bond acceptors (Lipinski definition) is 8. The number of aromatic nitrogens is 2. The van der Waals surface area contributed by atoms with E-state index in [9.17, 15) is 14.4 Å². The molecule has 4 aromatic rings. The molecule has 0 saturated heterocycles. The van der Waals surface area contributed by atoms with Gasteiger partial charge in [-0.25, -0.2) is 9.79 Å². The Morgan fingerprint density at radius 2 is 1.72 bits per heavy atom. The van der Waals surface area contributed by atoms with Crippen molar-refractivity contribution in [2.75, 3.05) is 34.4 Å². The summed E-state index contributed by atoms with van der Waals surface area (Å²) in [6.07, 6.45) is 1.87. The number of methoxy groups -OCH3 is 3. The number of ether oxygens (including phenoxy) is 3. The van der Waals surface area contributed by atoms with Crippen molar-refractivity contribution < 1.29 is 23.8 Å². The number of benzene rings is 2. The number of likely N-dealkylation sites (N-methyl/N-ethyl adjacent to an activating group) is 1. The fraction of sp³-hybridized carbons (Fsp3) is 0.333. The second kappa shape index (κ2) is 13.4. The molecule has 0 fully saturated rings. The molecule has 0 spiro atoms. The highest BCUT2D eigenvalue weighted by Gasteiger charge is 2.36. The average Bonchev–Trinajstić information content (AvgIpc) is 3.52. The molecule has 0 radical (unpaired) electrons. The first-order valence-corrected chi connectivity index (χ1v) is 16.2. The van der Waals surface area contributed by atoms with E-state index in [1.807, 2.05) is 71.9 Å². The highest BCUT2D eigenvalue weighted by atomic mass is 32.1. The van der Waals surface area contributed by atoms with Crippen LogP contribution < -0.4 is 24.4 Å².